The minimum Gasteiger partial charge on any atom is -0.381 e. The highest BCUT2D eigenvalue weighted by Crippen LogP contribution is 2.10. The average molecular weight is 240 g/mol. The van der Waals surface area contributed by atoms with Crippen LogP contribution >= 0.6 is 0 Å². The van der Waals surface area contributed by atoms with Gasteiger partial charge in [-0.2, -0.15) is 5.26 Å². The molecule has 1 atom stereocenters. The van der Waals surface area contributed by atoms with Gasteiger partial charge >= 0.3 is 0 Å². The summed E-state index contributed by atoms with van der Waals surface area (Å²) in [6.07, 6.45) is 8.18. The molecule has 0 rings (SSSR count). The van der Waals surface area contributed by atoms with Crippen molar-refractivity contribution in [2.45, 2.75) is 64.3 Å². The monoisotopic (exact) mass is 240 g/mol. The molecule has 0 aromatic heterocycles. The quantitative estimate of drug-likeness (QED) is 0.564. The maximum Gasteiger partial charge on any atom is 0.103 e. The van der Waals surface area contributed by atoms with E-state index in [0.717, 1.165) is 26.1 Å². The minimum atomic E-state index is -0.398. The molecule has 0 fully saturated rings. The second-order valence-corrected chi connectivity index (χ2v) is 4.82. The van der Waals surface area contributed by atoms with Gasteiger partial charge in [-0.05, 0) is 33.2 Å². The Balaban J connectivity index is 3.27. The summed E-state index contributed by atoms with van der Waals surface area (Å²) in [4.78, 5) is 0. The van der Waals surface area contributed by atoms with Crippen molar-refractivity contribution < 1.29 is 4.74 Å². The summed E-state index contributed by atoms with van der Waals surface area (Å²) in [5.41, 5.74) is -0.398. The Kier molecular flexibility index (Phi) is 10.2. The predicted octanol–water partition coefficient (Wildman–Crippen LogP) is 3.26. The summed E-state index contributed by atoms with van der Waals surface area (Å²) in [6.45, 7) is 5.79. The molecule has 3 nitrogen and oxygen atoms in total. The molecule has 100 valence electrons. The van der Waals surface area contributed by atoms with Crippen molar-refractivity contribution in [2.24, 2.45) is 0 Å². The van der Waals surface area contributed by atoms with E-state index in [1.165, 1.54) is 32.1 Å². The van der Waals surface area contributed by atoms with E-state index in [1.807, 2.05) is 14.0 Å². The van der Waals surface area contributed by atoms with Crippen LogP contribution < -0.4 is 5.32 Å². The van der Waals surface area contributed by atoms with E-state index in [4.69, 9.17) is 10.00 Å². The number of hydrogen-bond donors (Lipinski definition) is 1. The van der Waals surface area contributed by atoms with Crippen molar-refractivity contribution in [1.29, 1.82) is 5.26 Å². The van der Waals surface area contributed by atoms with Crippen molar-refractivity contribution in [1.82, 2.24) is 5.32 Å². The number of hydrogen-bond acceptors (Lipinski definition) is 3. The lowest BCUT2D eigenvalue weighted by molar-refractivity contribution is 0.122. The molecule has 0 aliphatic rings. The summed E-state index contributed by atoms with van der Waals surface area (Å²) in [6, 6.07) is 2.29. The fraction of sp³-hybridized carbons (Fsp3) is 0.929. The maximum atomic E-state index is 8.96. The smallest absolute Gasteiger partial charge is 0.103 e. The molecule has 0 spiro atoms. The van der Waals surface area contributed by atoms with Gasteiger partial charge in [-0.25, -0.2) is 0 Å². The summed E-state index contributed by atoms with van der Waals surface area (Å²) < 4.78 is 5.56. The van der Waals surface area contributed by atoms with Crippen molar-refractivity contribution in [3.05, 3.63) is 0 Å². The van der Waals surface area contributed by atoms with Crippen LogP contribution in [0.15, 0.2) is 0 Å². The maximum absolute atomic E-state index is 8.96. The average Bonchev–Trinajstić information content (AvgIpc) is 2.36. The zero-order chi connectivity index (χ0) is 13.0. The number of ether oxygens (including phenoxy) is 1. The molecule has 0 aromatic carbocycles. The topological polar surface area (TPSA) is 45.0 Å². The standard InChI is InChI=1S/C14H28N2O/c1-4-5-6-7-8-11-17-12-9-10-14(2,13-15)16-3/h16H,4-12H2,1-3H3. The Morgan fingerprint density at radius 2 is 1.76 bits per heavy atom. The minimum absolute atomic E-state index is 0.398. The van der Waals surface area contributed by atoms with E-state index in [1.54, 1.807) is 0 Å². The van der Waals surface area contributed by atoms with Crippen LogP contribution in [-0.4, -0.2) is 25.8 Å². The van der Waals surface area contributed by atoms with Gasteiger partial charge < -0.3 is 10.1 Å². The number of nitriles is 1. The number of rotatable bonds is 11. The van der Waals surface area contributed by atoms with Gasteiger partial charge in [-0.3, -0.25) is 0 Å². The van der Waals surface area contributed by atoms with E-state index < -0.39 is 5.54 Å². The van der Waals surface area contributed by atoms with Gasteiger partial charge in [0, 0.05) is 13.2 Å². The highest BCUT2D eigenvalue weighted by atomic mass is 16.5. The molecular formula is C14H28N2O. The SMILES string of the molecule is CCCCCCCOCCCC(C)(C#N)NC. The third-order valence-corrected chi connectivity index (χ3v) is 3.16. The zero-order valence-electron chi connectivity index (χ0n) is 11.7. The Labute approximate surface area is 107 Å². The van der Waals surface area contributed by atoms with Crippen LogP contribution in [0.5, 0.6) is 0 Å². The van der Waals surface area contributed by atoms with Crippen molar-refractivity contribution in [3.8, 4) is 6.07 Å². The molecule has 0 aromatic rings. The van der Waals surface area contributed by atoms with E-state index in [0.29, 0.717) is 0 Å². The second kappa shape index (κ2) is 10.6. The first kappa shape index (κ1) is 16.4. The number of nitrogens with zero attached hydrogens (tertiary/aromatic N) is 1. The van der Waals surface area contributed by atoms with Gasteiger partial charge in [0.2, 0.25) is 0 Å². The molecule has 1 N–H and O–H groups in total. The van der Waals surface area contributed by atoms with Crippen LogP contribution in [0.3, 0.4) is 0 Å². The third-order valence-electron chi connectivity index (χ3n) is 3.16. The van der Waals surface area contributed by atoms with Crippen molar-refractivity contribution >= 4 is 0 Å². The van der Waals surface area contributed by atoms with Gasteiger partial charge in [0.1, 0.15) is 5.54 Å². The first-order valence-corrected chi connectivity index (χ1v) is 6.86. The lowest BCUT2D eigenvalue weighted by Gasteiger charge is -2.20. The van der Waals surface area contributed by atoms with Crippen LogP contribution in [0.2, 0.25) is 0 Å². The fourth-order valence-corrected chi connectivity index (χ4v) is 1.67. The summed E-state index contributed by atoms with van der Waals surface area (Å²) >= 11 is 0. The molecule has 0 aliphatic heterocycles. The molecule has 0 bridgehead atoms. The van der Waals surface area contributed by atoms with Crippen molar-refractivity contribution in [2.75, 3.05) is 20.3 Å². The lowest BCUT2D eigenvalue weighted by Crippen LogP contribution is -2.38. The summed E-state index contributed by atoms with van der Waals surface area (Å²) in [5.74, 6) is 0. The molecule has 3 heteroatoms. The Bertz CT molecular complexity index is 213. The molecular weight excluding hydrogens is 212 g/mol. The molecule has 1 unspecified atom stereocenters. The Morgan fingerprint density at radius 1 is 1.12 bits per heavy atom. The molecule has 0 saturated carbocycles. The van der Waals surface area contributed by atoms with E-state index in [-0.39, 0.29) is 0 Å². The molecule has 0 saturated heterocycles. The van der Waals surface area contributed by atoms with E-state index in [2.05, 4.69) is 18.3 Å². The molecule has 17 heavy (non-hydrogen) atoms. The van der Waals surface area contributed by atoms with E-state index in [9.17, 15) is 0 Å². The van der Waals surface area contributed by atoms with Crippen LogP contribution in [0.4, 0.5) is 0 Å². The van der Waals surface area contributed by atoms with Gasteiger partial charge in [0.05, 0.1) is 6.07 Å². The highest BCUT2D eigenvalue weighted by Gasteiger charge is 2.19. The largest absolute Gasteiger partial charge is 0.381 e. The van der Waals surface area contributed by atoms with Crippen molar-refractivity contribution in [3.63, 3.8) is 0 Å². The van der Waals surface area contributed by atoms with Crippen LogP contribution in [0, 0.1) is 11.3 Å². The molecule has 0 radical (unpaired) electrons. The van der Waals surface area contributed by atoms with Gasteiger partial charge in [0.15, 0.2) is 0 Å². The molecule has 0 aliphatic carbocycles. The van der Waals surface area contributed by atoms with E-state index >= 15 is 0 Å². The first-order chi connectivity index (χ1) is 8.18. The number of nitrogens with one attached hydrogen (secondary N) is 1. The summed E-state index contributed by atoms with van der Waals surface area (Å²) in [5, 5.41) is 12.0. The van der Waals surface area contributed by atoms with Gasteiger partial charge in [-0.15, -0.1) is 0 Å². The number of unbranched alkanes of at least 4 members (excludes halogenated alkanes) is 4. The second-order valence-electron chi connectivity index (χ2n) is 4.82. The zero-order valence-corrected chi connectivity index (χ0v) is 11.7. The first-order valence-electron chi connectivity index (χ1n) is 6.86. The lowest BCUT2D eigenvalue weighted by atomic mass is 9.98. The molecule has 0 amide bonds. The van der Waals surface area contributed by atoms with Gasteiger partial charge in [-0.1, -0.05) is 32.6 Å². The van der Waals surface area contributed by atoms with Crippen LogP contribution in [0.1, 0.15) is 58.8 Å². The Hall–Kier alpha value is -0.590. The third kappa shape index (κ3) is 9.14. The van der Waals surface area contributed by atoms with Crippen LogP contribution in [0.25, 0.3) is 0 Å². The van der Waals surface area contributed by atoms with Crippen LogP contribution in [-0.2, 0) is 4.74 Å². The Morgan fingerprint density at radius 3 is 2.35 bits per heavy atom. The molecule has 0 heterocycles. The van der Waals surface area contributed by atoms with Gasteiger partial charge in [0.25, 0.3) is 0 Å². The fourth-order valence-electron chi connectivity index (χ4n) is 1.67. The highest BCUT2D eigenvalue weighted by molar-refractivity contribution is 5.02. The predicted molar refractivity (Wildman–Crippen MR) is 71.9 cm³/mol. The normalized spacial score (nSPS) is 14.2. The summed E-state index contributed by atoms with van der Waals surface area (Å²) in [7, 11) is 1.83.